The standard InChI is InChI=1S/C62H111NO10/c1-4-7-10-13-16-19-22-25-27-28-29-30-31-34-37-40-43-46-49-55(66)61(70)63-53(54(65)48-45-42-39-36-33-24-21-18-15-12-9-6-3)52-71-62-60(59(69)58(68)56(51-64)72-62)73-57(67)50-47-44-41-38-35-32-26-23-20-17-14-11-8-5-2/h8,11,17,20,25-27,32,45,48,53-56,58-60,62,64-66,68-69H,4-7,9-10,12-16,18-19,21-24,28-31,33-44,46-47,49-52H2,1-3H3,(H,63,70)/b11-8+,20-17+,27-25+,32-26+,48-45+. The van der Waals surface area contributed by atoms with Gasteiger partial charge in [-0.1, -0.05) is 229 Å². The SMILES string of the molecule is CC/C=C/C/C=C/C/C=C/CCCCCCC(=O)OC1C(OCC(NC(=O)C(O)CCCCCCCCCC/C=C/CCCCCCCC)C(O)/C=C/CCCCCCCCCCCC)OC(CO)C(O)C1O. The predicted molar refractivity (Wildman–Crippen MR) is 301 cm³/mol. The third-order valence-electron chi connectivity index (χ3n) is 13.9. The zero-order chi connectivity index (χ0) is 53.3. The number of ether oxygens (including phenoxy) is 3. The van der Waals surface area contributed by atoms with Crippen LogP contribution in [0.3, 0.4) is 0 Å². The number of allylic oxidation sites excluding steroid dienone is 9. The van der Waals surface area contributed by atoms with Crippen molar-refractivity contribution in [3.63, 3.8) is 0 Å². The van der Waals surface area contributed by atoms with Crippen LogP contribution in [0.5, 0.6) is 0 Å². The molecule has 1 aliphatic rings. The van der Waals surface area contributed by atoms with Crippen molar-refractivity contribution < 1.29 is 49.3 Å². The lowest BCUT2D eigenvalue weighted by Crippen LogP contribution is -2.61. The first-order valence-electron chi connectivity index (χ1n) is 30.1. The molecule has 73 heavy (non-hydrogen) atoms. The number of esters is 1. The number of aliphatic hydroxyl groups is 5. The summed E-state index contributed by atoms with van der Waals surface area (Å²) in [6.07, 6.45) is 51.2. The Bertz CT molecular complexity index is 1420. The van der Waals surface area contributed by atoms with E-state index < -0.39 is 67.4 Å². The van der Waals surface area contributed by atoms with Crippen LogP contribution in [0.25, 0.3) is 0 Å². The maximum Gasteiger partial charge on any atom is 0.306 e. The lowest BCUT2D eigenvalue weighted by molar-refractivity contribution is -0.305. The minimum atomic E-state index is -1.62. The lowest BCUT2D eigenvalue weighted by atomic mass is 9.99. The Morgan fingerprint density at radius 3 is 1.49 bits per heavy atom. The number of amides is 1. The molecule has 8 unspecified atom stereocenters. The first kappa shape index (κ1) is 68.4. The van der Waals surface area contributed by atoms with Gasteiger partial charge >= 0.3 is 5.97 Å². The molecule has 1 fully saturated rings. The van der Waals surface area contributed by atoms with Gasteiger partial charge in [0.2, 0.25) is 5.91 Å². The van der Waals surface area contributed by atoms with Crippen LogP contribution in [0.4, 0.5) is 0 Å². The quantitative estimate of drug-likeness (QED) is 0.0195. The summed E-state index contributed by atoms with van der Waals surface area (Å²) in [6, 6.07) is -1.03. The molecule has 424 valence electrons. The van der Waals surface area contributed by atoms with Gasteiger partial charge in [0.05, 0.1) is 25.4 Å². The molecule has 11 heteroatoms. The van der Waals surface area contributed by atoms with Crippen LogP contribution in [0.1, 0.15) is 258 Å². The van der Waals surface area contributed by atoms with Crippen LogP contribution < -0.4 is 5.32 Å². The van der Waals surface area contributed by atoms with Crippen molar-refractivity contribution in [2.75, 3.05) is 13.2 Å². The summed E-state index contributed by atoms with van der Waals surface area (Å²) in [6.45, 7) is 5.65. The Labute approximate surface area is 446 Å². The van der Waals surface area contributed by atoms with Crippen LogP contribution in [-0.2, 0) is 23.8 Å². The predicted octanol–water partition coefficient (Wildman–Crippen LogP) is 13.8. The highest BCUT2D eigenvalue weighted by atomic mass is 16.7. The number of rotatable bonds is 50. The molecule has 1 aliphatic heterocycles. The van der Waals surface area contributed by atoms with Crippen LogP contribution >= 0.6 is 0 Å². The molecular formula is C62H111NO10. The number of nitrogens with one attached hydrogen (secondary N) is 1. The van der Waals surface area contributed by atoms with Gasteiger partial charge in [-0.05, 0) is 83.5 Å². The van der Waals surface area contributed by atoms with Gasteiger partial charge in [-0.3, -0.25) is 9.59 Å². The first-order chi connectivity index (χ1) is 35.7. The maximum atomic E-state index is 13.4. The average molecular weight is 1030 g/mol. The van der Waals surface area contributed by atoms with E-state index >= 15 is 0 Å². The van der Waals surface area contributed by atoms with E-state index in [1.165, 1.54) is 122 Å². The molecule has 0 bridgehead atoms. The Balaban J connectivity index is 2.71. The second-order valence-corrected chi connectivity index (χ2v) is 20.7. The Morgan fingerprint density at radius 2 is 0.986 bits per heavy atom. The minimum Gasteiger partial charge on any atom is -0.454 e. The summed E-state index contributed by atoms with van der Waals surface area (Å²) in [7, 11) is 0. The smallest absolute Gasteiger partial charge is 0.306 e. The molecule has 11 nitrogen and oxygen atoms in total. The molecule has 0 aliphatic carbocycles. The zero-order valence-electron chi connectivity index (χ0n) is 46.7. The molecule has 0 saturated carbocycles. The molecule has 0 aromatic rings. The van der Waals surface area contributed by atoms with Crippen molar-refractivity contribution in [3.05, 3.63) is 60.8 Å². The van der Waals surface area contributed by atoms with E-state index in [0.717, 1.165) is 89.9 Å². The summed E-state index contributed by atoms with van der Waals surface area (Å²) in [4.78, 5) is 26.5. The Hall–Kier alpha value is -2.64. The maximum absolute atomic E-state index is 13.4. The molecule has 1 rings (SSSR count). The number of hydrogen-bond donors (Lipinski definition) is 6. The van der Waals surface area contributed by atoms with E-state index in [2.05, 4.69) is 74.7 Å². The molecule has 1 amide bonds. The molecule has 1 saturated heterocycles. The average Bonchev–Trinajstić information content (AvgIpc) is 3.39. The van der Waals surface area contributed by atoms with Crippen LogP contribution in [0, 0.1) is 0 Å². The van der Waals surface area contributed by atoms with Crippen LogP contribution in [-0.4, -0.2) is 99.6 Å². The van der Waals surface area contributed by atoms with Crippen molar-refractivity contribution >= 4 is 11.9 Å². The normalized spacial score (nSPS) is 19.8. The Morgan fingerprint density at radius 1 is 0.548 bits per heavy atom. The molecule has 1 heterocycles. The topological polar surface area (TPSA) is 175 Å². The second kappa shape index (κ2) is 50.2. The molecular weight excluding hydrogens is 919 g/mol. The van der Waals surface area contributed by atoms with E-state index in [1.807, 2.05) is 6.08 Å². The molecule has 8 atom stereocenters. The van der Waals surface area contributed by atoms with E-state index in [0.29, 0.717) is 12.8 Å². The molecule has 6 N–H and O–H groups in total. The summed E-state index contributed by atoms with van der Waals surface area (Å²) in [5.74, 6) is -1.22. The molecule has 0 spiro atoms. The Kier molecular flexibility index (Phi) is 47.0. The second-order valence-electron chi connectivity index (χ2n) is 20.7. The monoisotopic (exact) mass is 1030 g/mol. The molecule has 0 aromatic carbocycles. The number of carbonyl (C=O) groups is 2. The fraction of sp³-hybridized carbons (Fsp3) is 0.806. The van der Waals surface area contributed by atoms with E-state index in [-0.39, 0.29) is 19.4 Å². The number of hydrogen-bond acceptors (Lipinski definition) is 10. The van der Waals surface area contributed by atoms with Gasteiger partial charge in [0, 0.05) is 6.42 Å². The van der Waals surface area contributed by atoms with Crippen molar-refractivity contribution in [1.82, 2.24) is 5.32 Å². The fourth-order valence-corrected chi connectivity index (χ4v) is 9.13. The number of unbranched alkanes of at least 4 members (excludes halogenated alkanes) is 28. The van der Waals surface area contributed by atoms with Gasteiger partial charge in [-0.25, -0.2) is 0 Å². The fourth-order valence-electron chi connectivity index (χ4n) is 9.13. The minimum absolute atomic E-state index is 0.0964. The van der Waals surface area contributed by atoms with Crippen LogP contribution in [0.15, 0.2) is 60.8 Å². The van der Waals surface area contributed by atoms with Crippen molar-refractivity contribution in [2.45, 2.75) is 307 Å². The van der Waals surface area contributed by atoms with Crippen LogP contribution in [0.2, 0.25) is 0 Å². The highest BCUT2D eigenvalue weighted by molar-refractivity contribution is 5.80. The van der Waals surface area contributed by atoms with Gasteiger partial charge in [0.25, 0.3) is 0 Å². The summed E-state index contributed by atoms with van der Waals surface area (Å²) in [5, 5.41) is 56.9. The molecule has 0 radical (unpaired) electrons. The summed E-state index contributed by atoms with van der Waals surface area (Å²) in [5.41, 5.74) is 0. The van der Waals surface area contributed by atoms with Gasteiger partial charge in [-0.2, -0.15) is 0 Å². The van der Waals surface area contributed by atoms with Gasteiger partial charge in [-0.15, -0.1) is 0 Å². The van der Waals surface area contributed by atoms with E-state index in [9.17, 15) is 35.1 Å². The highest BCUT2D eigenvalue weighted by Gasteiger charge is 2.47. The number of aliphatic hydroxyl groups excluding tert-OH is 5. The van der Waals surface area contributed by atoms with Crippen molar-refractivity contribution in [1.29, 1.82) is 0 Å². The zero-order valence-corrected chi connectivity index (χ0v) is 46.7. The van der Waals surface area contributed by atoms with Gasteiger partial charge < -0.3 is 45.1 Å². The number of carbonyl (C=O) groups excluding carboxylic acids is 2. The third kappa shape index (κ3) is 38.5. The highest BCUT2D eigenvalue weighted by Crippen LogP contribution is 2.26. The molecule has 0 aromatic heterocycles. The van der Waals surface area contributed by atoms with Gasteiger partial charge in [0.15, 0.2) is 12.4 Å². The first-order valence-corrected chi connectivity index (χ1v) is 30.1. The lowest BCUT2D eigenvalue weighted by Gasteiger charge is -2.41. The van der Waals surface area contributed by atoms with Crippen molar-refractivity contribution in [3.8, 4) is 0 Å². The van der Waals surface area contributed by atoms with Gasteiger partial charge in [0.1, 0.15) is 24.4 Å². The summed E-state index contributed by atoms with van der Waals surface area (Å²) >= 11 is 0. The van der Waals surface area contributed by atoms with E-state index in [4.69, 9.17) is 14.2 Å². The largest absolute Gasteiger partial charge is 0.454 e. The van der Waals surface area contributed by atoms with E-state index in [1.54, 1.807) is 6.08 Å². The third-order valence-corrected chi connectivity index (χ3v) is 13.9. The summed E-state index contributed by atoms with van der Waals surface area (Å²) < 4.78 is 17.6. The van der Waals surface area contributed by atoms with Crippen molar-refractivity contribution in [2.24, 2.45) is 0 Å².